The van der Waals surface area contributed by atoms with E-state index in [-0.39, 0.29) is 11.4 Å². The number of anilines is 5. The summed E-state index contributed by atoms with van der Waals surface area (Å²) in [5, 5.41) is 12.7. The molecule has 0 atom stereocenters. The summed E-state index contributed by atoms with van der Waals surface area (Å²) in [6.07, 6.45) is -0.709. The molecule has 2 aromatic heterocycles. The number of aromatic nitrogens is 4. The van der Waals surface area contributed by atoms with Crippen LogP contribution in [0.15, 0.2) is 54.9 Å². The van der Waals surface area contributed by atoms with Gasteiger partial charge in [0.05, 0.1) is 5.69 Å². The van der Waals surface area contributed by atoms with Crippen LogP contribution in [0.3, 0.4) is 0 Å². The molecule has 0 aliphatic carbocycles. The van der Waals surface area contributed by atoms with Crippen molar-refractivity contribution in [2.24, 2.45) is 0 Å². The molecule has 4 aromatic rings. The Morgan fingerprint density at radius 2 is 1.97 bits per heavy atom. The first-order valence-electron chi connectivity index (χ1n) is 9.22. The molecule has 0 fully saturated rings. The summed E-state index contributed by atoms with van der Waals surface area (Å²) in [6.45, 7) is 1.99. The zero-order valence-electron chi connectivity index (χ0n) is 16.1. The maximum atomic E-state index is 13.4. The third-order valence-corrected chi connectivity index (χ3v) is 4.52. The summed E-state index contributed by atoms with van der Waals surface area (Å²) in [4.78, 5) is 20.2. The molecular formula is C20H15F2N7O2. The molecule has 1 aliphatic heterocycles. The molecular weight excluding hydrogens is 408 g/mol. The largest absolute Gasteiger partial charge is 0.482 e. The van der Waals surface area contributed by atoms with E-state index in [0.29, 0.717) is 23.1 Å². The number of nitrogens with zero attached hydrogens (tertiary/aromatic N) is 4. The number of nitrogens with one attached hydrogen (secondary N) is 3. The number of carbonyl (C=O) groups is 1. The van der Waals surface area contributed by atoms with Crippen molar-refractivity contribution in [2.75, 3.05) is 16.0 Å². The lowest BCUT2D eigenvalue weighted by Crippen LogP contribution is -2.43. The Hall–Kier alpha value is -4.28. The fourth-order valence-corrected chi connectivity index (χ4v) is 3.12. The van der Waals surface area contributed by atoms with E-state index in [0.717, 1.165) is 11.3 Å². The number of rotatable bonds is 4. The molecule has 0 saturated heterocycles. The SMILES string of the molecule is Cc1cccc(Nc2nc3c(Nc4ccc5c(c4)NC(=O)C(F)(F)O5)nccn3n2)c1. The molecule has 0 unspecified atom stereocenters. The number of aryl methyl sites for hydroxylation is 1. The minimum atomic E-state index is -3.91. The average molecular weight is 423 g/mol. The van der Waals surface area contributed by atoms with Gasteiger partial charge >= 0.3 is 12.0 Å². The molecule has 0 radical (unpaired) electrons. The minimum Gasteiger partial charge on any atom is -0.423 e. The molecule has 5 rings (SSSR count). The predicted octanol–water partition coefficient (Wildman–Crippen LogP) is 3.84. The topological polar surface area (TPSA) is 105 Å². The molecule has 31 heavy (non-hydrogen) atoms. The van der Waals surface area contributed by atoms with E-state index in [2.05, 4.69) is 35.8 Å². The summed E-state index contributed by atoms with van der Waals surface area (Å²) < 4.78 is 32.8. The number of hydrogen-bond donors (Lipinski definition) is 3. The zero-order chi connectivity index (χ0) is 21.6. The van der Waals surface area contributed by atoms with Crippen LogP contribution in [0.4, 0.5) is 37.6 Å². The molecule has 11 heteroatoms. The van der Waals surface area contributed by atoms with Crippen LogP contribution in [-0.4, -0.2) is 31.6 Å². The summed E-state index contributed by atoms with van der Waals surface area (Å²) in [5.74, 6) is -0.884. The summed E-state index contributed by atoms with van der Waals surface area (Å²) in [5.41, 5.74) is 3.00. The lowest BCUT2D eigenvalue weighted by Gasteiger charge is -2.25. The van der Waals surface area contributed by atoms with Crippen LogP contribution in [0.25, 0.3) is 5.65 Å². The van der Waals surface area contributed by atoms with Crippen molar-refractivity contribution < 1.29 is 18.3 Å². The number of amides is 1. The third kappa shape index (κ3) is 3.56. The van der Waals surface area contributed by atoms with E-state index in [1.165, 1.54) is 18.2 Å². The highest BCUT2D eigenvalue weighted by Crippen LogP contribution is 2.37. The van der Waals surface area contributed by atoms with Gasteiger partial charge < -0.3 is 20.7 Å². The van der Waals surface area contributed by atoms with Crippen LogP contribution >= 0.6 is 0 Å². The Balaban J connectivity index is 1.43. The minimum absolute atomic E-state index is 0.121. The second-order valence-corrected chi connectivity index (χ2v) is 6.88. The normalized spacial score (nSPS) is 14.5. The van der Waals surface area contributed by atoms with Crippen molar-refractivity contribution in [1.82, 2.24) is 19.6 Å². The first kappa shape index (κ1) is 18.7. The lowest BCUT2D eigenvalue weighted by molar-refractivity contribution is -0.189. The van der Waals surface area contributed by atoms with E-state index in [4.69, 9.17) is 0 Å². The Morgan fingerprint density at radius 1 is 1.13 bits per heavy atom. The Labute approximate surface area is 174 Å². The Kier molecular flexibility index (Phi) is 4.17. The monoisotopic (exact) mass is 423 g/mol. The number of fused-ring (bicyclic) bond motifs is 2. The molecule has 0 saturated carbocycles. The average Bonchev–Trinajstić information content (AvgIpc) is 3.12. The molecule has 0 bridgehead atoms. The maximum Gasteiger partial charge on any atom is 0.482 e. The molecule has 2 aromatic carbocycles. The summed E-state index contributed by atoms with van der Waals surface area (Å²) in [6, 6.07) is 12.1. The smallest absolute Gasteiger partial charge is 0.423 e. The highest BCUT2D eigenvalue weighted by Gasteiger charge is 2.46. The predicted molar refractivity (Wildman–Crippen MR) is 109 cm³/mol. The summed E-state index contributed by atoms with van der Waals surface area (Å²) in [7, 11) is 0. The second kappa shape index (κ2) is 6.90. The second-order valence-electron chi connectivity index (χ2n) is 6.88. The number of carbonyl (C=O) groups excluding carboxylic acids is 1. The molecule has 0 spiro atoms. The quantitative estimate of drug-likeness (QED) is 0.458. The van der Waals surface area contributed by atoms with Crippen molar-refractivity contribution in [1.29, 1.82) is 0 Å². The number of benzene rings is 2. The summed E-state index contributed by atoms with van der Waals surface area (Å²) >= 11 is 0. The third-order valence-electron chi connectivity index (χ3n) is 4.52. The number of hydrogen-bond acceptors (Lipinski definition) is 7. The van der Waals surface area contributed by atoms with Crippen molar-refractivity contribution in [2.45, 2.75) is 13.0 Å². The molecule has 3 N–H and O–H groups in total. The fourth-order valence-electron chi connectivity index (χ4n) is 3.12. The van der Waals surface area contributed by atoms with E-state index in [9.17, 15) is 13.6 Å². The first-order chi connectivity index (χ1) is 14.9. The van der Waals surface area contributed by atoms with Crippen molar-refractivity contribution >= 4 is 40.4 Å². The molecule has 1 aliphatic rings. The van der Waals surface area contributed by atoms with E-state index in [1.807, 2.05) is 31.2 Å². The number of halogens is 2. The highest BCUT2D eigenvalue weighted by atomic mass is 19.3. The van der Waals surface area contributed by atoms with Gasteiger partial charge in [0.15, 0.2) is 11.6 Å². The Morgan fingerprint density at radius 3 is 2.81 bits per heavy atom. The van der Waals surface area contributed by atoms with Gasteiger partial charge in [0.2, 0.25) is 11.6 Å². The van der Waals surface area contributed by atoms with Gasteiger partial charge in [-0.15, -0.1) is 5.10 Å². The van der Waals surface area contributed by atoms with Crippen molar-refractivity contribution in [3.05, 3.63) is 60.4 Å². The first-order valence-corrected chi connectivity index (χ1v) is 9.22. The van der Waals surface area contributed by atoms with Crippen LogP contribution in [0, 0.1) is 6.92 Å². The van der Waals surface area contributed by atoms with Crippen LogP contribution in [0.1, 0.15) is 5.56 Å². The van der Waals surface area contributed by atoms with Crippen LogP contribution in [0.5, 0.6) is 5.75 Å². The van der Waals surface area contributed by atoms with E-state index in [1.54, 1.807) is 16.9 Å². The van der Waals surface area contributed by atoms with Gasteiger partial charge in [0, 0.05) is 23.8 Å². The van der Waals surface area contributed by atoms with E-state index >= 15 is 0 Å². The molecule has 9 nitrogen and oxygen atoms in total. The van der Waals surface area contributed by atoms with Gasteiger partial charge in [-0.1, -0.05) is 12.1 Å². The van der Waals surface area contributed by atoms with Gasteiger partial charge in [-0.05, 0) is 42.8 Å². The van der Waals surface area contributed by atoms with Gasteiger partial charge in [-0.2, -0.15) is 13.8 Å². The molecule has 156 valence electrons. The van der Waals surface area contributed by atoms with Gasteiger partial charge in [-0.25, -0.2) is 9.50 Å². The standard InChI is InChI=1S/C20H15F2N7O2/c1-11-3-2-4-12(9-11)25-19-27-17-16(23-7-8-29(17)28-19)24-13-5-6-15-14(10-13)26-18(30)20(21,22)31-15/h2-10H,1H3,(H,23,24)(H,25,28)(H,26,30). The van der Waals surface area contributed by atoms with Crippen LogP contribution in [0.2, 0.25) is 0 Å². The van der Waals surface area contributed by atoms with Gasteiger partial charge in [0.1, 0.15) is 0 Å². The van der Waals surface area contributed by atoms with Crippen LogP contribution in [-0.2, 0) is 4.79 Å². The van der Waals surface area contributed by atoms with Crippen molar-refractivity contribution in [3.8, 4) is 5.75 Å². The van der Waals surface area contributed by atoms with E-state index < -0.39 is 12.0 Å². The van der Waals surface area contributed by atoms with Crippen molar-refractivity contribution in [3.63, 3.8) is 0 Å². The van der Waals surface area contributed by atoms with Gasteiger partial charge in [0.25, 0.3) is 0 Å². The maximum absolute atomic E-state index is 13.4. The Bertz CT molecular complexity index is 1320. The van der Waals surface area contributed by atoms with Crippen LogP contribution < -0.4 is 20.7 Å². The number of alkyl halides is 2. The van der Waals surface area contributed by atoms with Gasteiger partial charge in [-0.3, -0.25) is 4.79 Å². The number of ether oxygens (including phenoxy) is 1. The fraction of sp³-hybridized carbons (Fsp3) is 0.100. The molecule has 3 heterocycles. The zero-order valence-corrected chi connectivity index (χ0v) is 16.1. The highest BCUT2D eigenvalue weighted by molar-refractivity contribution is 5.99. The molecule has 1 amide bonds. The lowest BCUT2D eigenvalue weighted by atomic mass is 10.2.